The molecule has 2 amide bonds. The number of anilines is 1. The van der Waals surface area contributed by atoms with E-state index in [0.29, 0.717) is 11.5 Å². The van der Waals surface area contributed by atoms with Gasteiger partial charge in [0.1, 0.15) is 5.82 Å². The predicted octanol–water partition coefficient (Wildman–Crippen LogP) is 3.84. The van der Waals surface area contributed by atoms with Crippen LogP contribution in [0.25, 0.3) is 28.3 Å². The monoisotopic (exact) mass is 388 g/mol. The average Bonchev–Trinajstić information content (AvgIpc) is 3.12. The van der Waals surface area contributed by atoms with Gasteiger partial charge in [-0.25, -0.2) is 18.7 Å². The van der Waals surface area contributed by atoms with E-state index in [4.69, 9.17) is 0 Å². The van der Waals surface area contributed by atoms with Crippen molar-refractivity contribution in [1.82, 2.24) is 24.5 Å². The van der Waals surface area contributed by atoms with Crippen molar-refractivity contribution >= 4 is 17.5 Å². The van der Waals surface area contributed by atoms with E-state index >= 15 is 0 Å². The topological polar surface area (TPSA) is 75.4 Å². The molecule has 8 heteroatoms. The van der Waals surface area contributed by atoms with Crippen LogP contribution >= 0.6 is 0 Å². The number of carbonyl (C=O) groups excluding carboxylic acids is 1. The second-order valence-electron chi connectivity index (χ2n) is 6.85. The van der Waals surface area contributed by atoms with Crippen LogP contribution in [0.1, 0.15) is 6.42 Å². The summed E-state index contributed by atoms with van der Waals surface area (Å²) < 4.78 is 16.0. The first-order chi connectivity index (χ1) is 14.2. The molecule has 0 spiro atoms. The van der Waals surface area contributed by atoms with E-state index in [0.717, 1.165) is 30.6 Å². The van der Waals surface area contributed by atoms with Crippen molar-refractivity contribution in [3.8, 4) is 22.5 Å². The Labute approximate surface area is 165 Å². The summed E-state index contributed by atoms with van der Waals surface area (Å²) in [6.45, 7) is 1.48. The fourth-order valence-corrected chi connectivity index (χ4v) is 3.17. The van der Waals surface area contributed by atoms with Gasteiger partial charge in [0, 0.05) is 36.7 Å². The first-order valence-electron chi connectivity index (χ1n) is 9.31. The minimum Gasteiger partial charge on any atom is -0.324 e. The molecule has 0 saturated carbocycles. The van der Waals surface area contributed by atoms with Crippen LogP contribution in [0.15, 0.2) is 60.9 Å². The highest BCUT2D eigenvalue weighted by atomic mass is 19.1. The summed E-state index contributed by atoms with van der Waals surface area (Å²) in [5, 5.41) is 7.18. The molecule has 7 nitrogen and oxygen atoms in total. The molecule has 4 aromatic rings. The van der Waals surface area contributed by atoms with Gasteiger partial charge in [0.15, 0.2) is 5.82 Å². The van der Waals surface area contributed by atoms with Gasteiger partial charge in [-0.05, 0) is 30.2 Å². The van der Waals surface area contributed by atoms with Crippen LogP contribution in [0.5, 0.6) is 0 Å². The van der Waals surface area contributed by atoms with E-state index < -0.39 is 5.82 Å². The van der Waals surface area contributed by atoms with Gasteiger partial charge in [0.05, 0.1) is 5.56 Å². The first kappa shape index (κ1) is 17.3. The van der Waals surface area contributed by atoms with E-state index in [-0.39, 0.29) is 17.4 Å². The maximum atomic E-state index is 14.5. The number of halogens is 1. The zero-order chi connectivity index (χ0) is 19.8. The summed E-state index contributed by atoms with van der Waals surface area (Å²) in [7, 11) is 0. The Hall–Kier alpha value is -3.81. The van der Waals surface area contributed by atoms with Crippen molar-refractivity contribution in [3.63, 3.8) is 0 Å². The van der Waals surface area contributed by atoms with Crippen LogP contribution in [-0.2, 0) is 0 Å². The van der Waals surface area contributed by atoms with Gasteiger partial charge in [0.2, 0.25) is 0 Å². The largest absolute Gasteiger partial charge is 0.324 e. The minimum absolute atomic E-state index is 0.189. The number of urea groups is 1. The lowest BCUT2D eigenvalue weighted by atomic mass is 10.1. The number of nitrogens with zero attached hydrogens (tertiary/aromatic N) is 5. The van der Waals surface area contributed by atoms with E-state index in [2.05, 4.69) is 20.4 Å². The van der Waals surface area contributed by atoms with Crippen molar-refractivity contribution in [3.05, 3.63) is 66.7 Å². The number of hydrogen-bond acceptors (Lipinski definition) is 4. The van der Waals surface area contributed by atoms with E-state index in [1.807, 2.05) is 36.5 Å². The molecule has 0 radical (unpaired) electrons. The summed E-state index contributed by atoms with van der Waals surface area (Å²) in [5.41, 5.74) is 2.58. The molecule has 1 aliphatic rings. The maximum absolute atomic E-state index is 14.5. The number of aromatic nitrogens is 4. The Bertz CT molecular complexity index is 1200. The van der Waals surface area contributed by atoms with Gasteiger partial charge in [-0.15, -0.1) is 5.10 Å². The van der Waals surface area contributed by atoms with Crippen LogP contribution in [-0.4, -0.2) is 43.6 Å². The second-order valence-corrected chi connectivity index (χ2v) is 6.85. The number of nitrogens with one attached hydrogen (secondary N) is 1. The molecule has 0 atom stereocenters. The quantitative estimate of drug-likeness (QED) is 0.579. The molecular weight excluding hydrogens is 371 g/mol. The van der Waals surface area contributed by atoms with E-state index in [9.17, 15) is 9.18 Å². The third-order valence-corrected chi connectivity index (χ3v) is 4.90. The molecule has 1 saturated heterocycles. The van der Waals surface area contributed by atoms with Gasteiger partial charge in [-0.2, -0.15) is 4.98 Å². The highest BCUT2D eigenvalue weighted by Crippen LogP contribution is 2.25. The number of fused-ring (bicyclic) bond motifs is 1. The summed E-state index contributed by atoms with van der Waals surface area (Å²) in [6, 6.07) is 14.0. The molecule has 0 bridgehead atoms. The molecular formula is C21H17FN6O. The molecule has 2 aromatic heterocycles. The number of carbonyl (C=O) groups is 1. The summed E-state index contributed by atoms with van der Waals surface area (Å²) in [4.78, 5) is 22.5. The molecule has 144 valence electrons. The molecule has 1 fully saturated rings. The number of amides is 2. The van der Waals surface area contributed by atoms with Crippen molar-refractivity contribution < 1.29 is 9.18 Å². The van der Waals surface area contributed by atoms with Gasteiger partial charge in [0.25, 0.3) is 5.78 Å². The Kier molecular flexibility index (Phi) is 4.16. The van der Waals surface area contributed by atoms with Crippen molar-refractivity contribution in [2.24, 2.45) is 0 Å². The number of rotatable bonds is 3. The highest BCUT2D eigenvalue weighted by molar-refractivity contribution is 5.90. The molecule has 0 unspecified atom stereocenters. The molecule has 1 aliphatic heterocycles. The van der Waals surface area contributed by atoms with E-state index in [1.54, 1.807) is 17.2 Å². The van der Waals surface area contributed by atoms with Crippen LogP contribution < -0.4 is 5.32 Å². The molecule has 29 heavy (non-hydrogen) atoms. The Morgan fingerprint density at radius 2 is 1.90 bits per heavy atom. The Morgan fingerprint density at radius 3 is 2.66 bits per heavy atom. The molecule has 3 heterocycles. The number of benzene rings is 2. The zero-order valence-corrected chi connectivity index (χ0v) is 15.4. The fourth-order valence-electron chi connectivity index (χ4n) is 3.17. The normalized spacial score (nSPS) is 13.3. The van der Waals surface area contributed by atoms with Crippen molar-refractivity contribution in [2.45, 2.75) is 6.42 Å². The third-order valence-electron chi connectivity index (χ3n) is 4.90. The van der Waals surface area contributed by atoms with Crippen molar-refractivity contribution in [2.75, 3.05) is 18.4 Å². The first-order valence-corrected chi connectivity index (χ1v) is 9.31. The second kappa shape index (κ2) is 6.97. The zero-order valence-electron chi connectivity index (χ0n) is 15.4. The number of likely N-dealkylation sites (tertiary alicyclic amines) is 1. The van der Waals surface area contributed by atoms with Gasteiger partial charge in [-0.1, -0.05) is 30.3 Å². The van der Waals surface area contributed by atoms with E-state index in [1.165, 1.54) is 16.6 Å². The summed E-state index contributed by atoms with van der Waals surface area (Å²) >= 11 is 0. The van der Waals surface area contributed by atoms with Crippen LogP contribution in [0.3, 0.4) is 0 Å². The highest BCUT2D eigenvalue weighted by Gasteiger charge is 2.21. The molecule has 5 rings (SSSR count). The Balaban J connectivity index is 1.48. The van der Waals surface area contributed by atoms with Gasteiger partial charge < -0.3 is 10.2 Å². The van der Waals surface area contributed by atoms with Crippen LogP contribution in [0.4, 0.5) is 14.9 Å². The van der Waals surface area contributed by atoms with Gasteiger partial charge in [-0.3, -0.25) is 0 Å². The summed E-state index contributed by atoms with van der Waals surface area (Å²) in [6.07, 6.45) is 4.52. The lowest BCUT2D eigenvalue weighted by Crippen LogP contribution is -2.44. The van der Waals surface area contributed by atoms with Crippen LogP contribution in [0, 0.1) is 5.82 Å². The number of hydrogen-bond donors (Lipinski definition) is 1. The smallest absolute Gasteiger partial charge is 0.321 e. The van der Waals surface area contributed by atoms with Crippen LogP contribution in [0.2, 0.25) is 0 Å². The lowest BCUT2D eigenvalue weighted by molar-refractivity contribution is 0.181. The average molecular weight is 388 g/mol. The minimum atomic E-state index is -0.467. The molecule has 2 aromatic carbocycles. The Morgan fingerprint density at radius 1 is 1.07 bits per heavy atom. The maximum Gasteiger partial charge on any atom is 0.321 e. The summed E-state index contributed by atoms with van der Waals surface area (Å²) in [5.74, 6) is 0.112. The van der Waals surface area contributed by atoms with Crippen molar-refractivity contribution in [1.29, 1.82) is 0 Å². The SMILES string of the molecule is O=C(Nc1ccc(F)c(-c2nc3ncc(-c4ccccc4)cn3n2)c1)N1CCC1. The third kappa shape index (κ3) is 3.29. The fraction of sp³-hybridized carbons (Fsp3) is 0.143. The predicted molar refractivity (Wildman–Crippen MR) is 107 cm³/mol. The lowest BCUT2D eigenvalue weighted by Gasteiger charge is -2.30. The molecule has 1 N–H and O–H groups in total. The molecule has 0 aliphatic carbocycles. The standard InChI is InChI=1S/C21H17FN6O/c22-18-8-7-16(24-21(29)27-9-4-10-27)11-17(18)19-25-20-23-12-15(13-28(20)26-19)14-5-2-1-3-6-14/h1-3,5-8,11-13H,4,9-10H2,(H,24,29). The van der Waals surface area contributed by atoms with Gasteiger partial charge >= 0.3 is 6.03 Å².